The molecule has 0 aliphatic heterocycles. The zero-order valence-corrected chi connectivity index (χ0v) is 11.0. The van der Waals surface area contributed by atoms with Crippen molar-refractivity contribution in [3.63, 3.8) is 0 Å². The number of nitrogens with two attached hydrogens (primary N) is 1. The molecule has 1 atom stereocenters. The Kier molecular flexibility index (Phi) is 4.61. The molecule has 0 radical (unpaired) electrons. The molecule has 1 heteroatoms. The van der Waals surface area contributed by atoms with Crippen LogP contribution in [0.1, 0.15) is 56.1 Å². The minimum absolute atomic E-state index is 0.712. The number of aryl methyl sites for hydroxylation is 1. The molecule has 1 saturated carbocycles. The summed E-state index contributed by atoms with van der Waals surface area (Å²) in [5, 5.41) is 0. The van der Waals surface area contributed by atoms with Crippen molar-refractivity contribution in [1.29, 1.82) is 0 Å². The van der Waals surface area contributed by atoms with E-state index in [1.54, 1.807) is 0 Å². The zero-order chi connectivity index (χ0) is 12.1. The van der Waals surface area contributed by atoms with E-state index in [0.29, 0.717) is 5.92 Å². The van der Waals surface area contributed by atoms with Crippen LogP contribution in [-0.4, -0.2) is 6.54 Å². The highest BCUT2D eigenvalue weighted by atomic mass is 14.5. The highest BCUT2D eigenvalue weighted by molar-refractivity contribution is 5.26. The maximum absolute atomic E-state index is 5.76. The van der Waals surface area contributed by atoms with Gasteiger partial charge >= 0.3 is 0 Å². The summed E-state index contributed by atoms with van der Waals surface area (Å²) in [6.45, 7) is 3.05. The minimum Gasteiger partial charge on any atom is -0.330 e. The molecule has 0 saturated heterocycles. The summed E-state index contributed by atoms with van der Waals surface area (Å²) in [5.41, 5.74) is 8.74. The molecule has 2 N–H and O–H groups in total. The second-order valence-corrected chi connectivity index (χ2v) is 5.37. The highest BCUT2D eigenvalue weighted by Crippen LogP contribution is 2.41. The SMILES string of the molecule is CCCc1ccc(C(CCN)C2CCC2)cc1. The van der Waals surface area contributed by atoms with Gasteiger partial charge in [0.05, 0.1) is 0 Å². The number of hydrogen-bond donors (Lipinski definition) is 1. The molecule has 0 aromatic heterocycles. The van der Waals surface area contributed by atoms with Crippen molar-refractivity contribution < 1.29 is 0 Å². The number of benzene rings is 1. The van der Waals surface area contributed by atoms with Gasteiger partial charge in [-0.2, -0.15) is 0 Å². The third kappa shape index (κ3) is 3.10. The van der Waals surface area contributed by atoms with Crippen LogP contribution in [0, 0.1) is 5.92 Å². The predicted molar refractivity (Wildman–Crippen MR) is 74.2 cm³/mol. The van der Waals surface area contributed by atoms with E-state index in [2.05, 4.69) is 31.2 Å². The van der Waals surface area contributed by atoms with E-state index < -0.39 is 0 Å². The number of rotatable bonds is 6. The maximum Gasteiger partial charge on any atom is -0.00713 e. The molecule has 1 aromatic carbocycles. The molecule has 1 aliphatic rings. The fraction of sp³-hybridized carbons (Fsp3) is 0.625. The van der Waals surface area contributed by atoms with Gasteiger partial charge in [-0.05, 0) is 55.2 Å². The fourth-order valence-corrected chi connectivity index (χ4v) is 2.92. The summed E-state index contributed by atoms with van der Waals surface area (Å²) in [6.07, 6.45) is 7.81. The molecule has 1 nitrogen and oxygen atoms in total. The van der Waals surface area contributed by atoms with Crippen molar-refractivity contribution >= 4 is 0 Å². The highest BCUT2D eigenvalue weighted by Gasteiger charge is 2.27. The monoisotopic (exact) mass is 231 g/mol. The van der Waals surface area contributed by atoms with E-state index in [9.17, 15) is 0 Å². The van der Waals surface area contributed by atoms with Gasteiger partial charge in [0.15, 0.2) is 0 Å². The van der Waals surface area contributed by atoms with Crippen molar-refractivity contribution in [2.45, 2.75) is 51.4 Å². The van der Waals surface area contributed by atoms with Crippen LogP contribution in [0.2, 0.25) is 0 Å². The van der Waals surface area contributed by atoms with Crippen molar-refractivity contribution in [3.8, 4) is 0 Å². The van der Waals surface area contributed by atoms with Crippen molar-refractivity contribution in [1.82, 2.24) is 0 Å². The van der Waals surface area contributed by atoms with E-state index in [1.807, 2.05) is 0 Å². The standard InChI is InChI=1S/C16H25N/c1-2-4-13-7-9-15(10-8-13)16(11-12-17)14-5-3-6-14/h7-10,14,16H,2-6,11-12,17H2,1H3. The van der Waals surface area contributed by atoms with Crippen molar-refractivity contribution in [2.24, 2.45) is 11.7 Å². The van der Waals surface area contributed by atoms with E-state index >= 15 is 0 Å². The fourth-order valence-electron chi connectivity index (χ4n) is 2.92. The van der Waals surface area contributed by atoms with E-state index in [4.69, 9.17) is 5.73 Å². The van der Waals surface area contributed by atoms with Crippen LogP contribution < -0.4 is 5.73 Å². The summed E-state index contributed by atoms with van der Waals surface area (Å²) < 4.78 is 0. The normalized spacial score (nSPS) is 17.8. The Morgan fingerprint density at radius 3 is 2.41 bits per heavy atom. The van der Waals surface area contributed by atoms with Crippen LogP contribution in [0.4, 0.5) is 0 Å². The van der Waals surface area contributed by atoms with Gasteiger partial charge in [0.1, 0.15) is 0 Å². The third-order valence-corrected chi connectivity index (χ3v) is 4.14. The maximum atomic E-state index is 5.76. The second kappa shape index (κ2) is 6.20. The molecule has 0 spiro atoms. The molecule has 0 heterocycles. The van der Waals surface area contributed by atoms with Gasteiger partial charge in [0, 0.05) is 0 Å². The first kappa shape index (κ1) is 12.6. The minimum atomic E-state index is 0.712. The van der Waals surface area contributed by atoms with Crippen LogP contribution in [0.3, 0.4) is 0 Å². The lowest BCUT2D eigenvalue weighted by molar-refractivity contribution is 0.253. The molecule has 1 fully saturated rings. The summed E-state index contributed by atoms with van der Waals surface area (Å²) in [5.74, 6) is 1.61. The topological polar surface area (TPSA) is 26.0 Å². The Morgan fingerprint density at radius 1 is 1.24 bits per heavy atom. The molecule has 17 heavy (non-hydrogen) atoms. The first-order chi connectivity index (χ1) is 8.35. The molecular formula is C16H25N. The molecule has 94 valence electrons. The van der Waals surface area contributed by atoms with Crippen LogP contribution in [0.5, 0.6) is 0 Å². The van der Waals surface area contributed by atoms with Crippen LogP contribution >= 0.6 is 0 Å². The predicted octanol–water partition coefficient (Wildman–Crippen LogP) is 3.87. The summed E-state index contributed by atoms with van der Waals surface area (Å²) in [6, 6.07) is 9.29. The Morgan fingerprint density at radius 2 is 1.94 bits per heavy atom. The zero-order valence-electron chi connectivity index (χ0n) is 11.0. The summed E-state index contributed by atoms with van der Waals surface area (Å²) in [4.78, 5) is 0. The molecule has 1 aliphatic carbocycles. The first-order valence-corrected chi connectivity index (χ1v) is 7.14. The molecule has 0 amide bonds. The molecule has 0 bridgehead atoms. The molecule has 1 aromatic rings. The van der Waals surface area contributed by atoms with Gasteiger partial charge in [-0.3, -0.25) is 0 Å². The average molecular weight is 231 g/mol. The van der Waals surface area contributed by atoms with E-state index in [-0.39, 0.29) is 0 Å². The van der Waals surface area contributed by atoms with Crippen LogP contribution in [0.15, 0.2) is 24.3 Å². The number of hydrogen-bond acceptors (Lipinski definition) is 1. The lowest BCUT2D eigenvalue weighted by Gasteiger charge is -2.34. The Bertz CT molecular complexity index is 324. The lowest BCUT2D eigenvalue weighted by atomic mass is 9.71. The van der Waals surface area contributed by atoms with Crippen LogP contribution in [0.25, 0.3) is 0 Å². The van der Waals surface area contributed by atoms with Gasteiger partial charge in [0.2, 0.25) is 0 Å². The van der Waals surface area contributed by atoms with Crippen molar-refractivity contribution in [3.05, 3.63) is 35.4 Å². The average Bonchev–Trinajstić information content (AvgIpc) is 2.28. The summed E-state index contributed by atoms with van der Waals surface area (Å²) >= 11 is 0. The molecular weight excluding hydrogens is 206 g/mol. The smallest absolute Gasteiger partial charge is 0.00713 e. The first-order valence-electron chi connectivity index (χ1n) is 7.14. The summed E-state index contributed by atoms with van der Waals surface area (Å²) in [7, 11) is 0. The third-order valence-electron chi connectivity index (χ3n) is 4.14. The van der Waals surface area contributed by atoms with Gasteiger partial charge < -0.3 is 5.73 Å². The Hall–Kier alpha value is -0.820. The Balaban J connectivity index is 2.06. The van der Waals surface area contributed by atoms with Gasteiger partial charge in [-0.15, -0.1) is 0 Å². The largest absolute Gasteiger partial charge is 0.330 e. The van der Waals surface area contributed by atoms with Gasteiger partial charge in [-0.1, -0.05) is 44.0 Å². The van der Waals surface area contributed by atoms with Gasteiger partial charge in [0.25, 0.3) is 0 Å². The second-order valence-electron chi connectivity index (χ2n) is 5.37. The Labute approximate surface area is 105 Å². The van der Waals surface area contributed by atoms with Crippen LogP contribution in [-0.2, 0) is 6.42 Å². The van der Waals surface area contributed by atoms with Crippen molar-refractivity contribution in [2.75, 3.05) is 6.54 Å². The molecule has 1 unspecified atom stereocenters. The van der Waals surface area contributed by atoms with Gasteiger partial charge in [-0.25, -0.2) is 0 Å². The quantitative estimate of drug-likeness (QED) is 0.790. The lowest BCUT2D eigenvalue weighted by Crippen LogP contribution is -2.22. The van der Waals surface area contributed by atoms with E-state index in [1.165, 1.54) is 43.2 Å². The van der Waals surface area contributed by atoms with E-state index in [0.717, 1.165) is 18.9 Å². The molecule has 2 rings (SSSR count).